The molecule has 1 spiro atoms. The number of aromatic nitrogens is 1. The molecule has 2 aliphatic carbocycles. The first-order chi connectivity index (χ1) is 18.0. The second-order valence-corrected chi connectivity index (χ2v) is 16.3. The van der Waals surface area contributed by atoms with Crippen LogP contribution in [-0.2, 0) is 15.1 Å². The first-order valence-electron chi connectivity index (χ1n) is 13.8. The number of hydrogen-bond donors (Lipinski definition) is 2. The molecular formula is C29H37F4NO4S. The molecule has 39 heavy (non-hydrogen) atoms. The number of fused-ring (bicyclic) bond motifs is 4. The van der Waals surface area contributed by atoms with E-state index in [1.54, 1.807) is 0 Å². The van der Waals surface area contributed by atoms with E-state index < -0.39 is 44.1 Å². The molecule has 1 aromatic carbocycles. The van der Waals surface area contributed by atoms with E-state index in [1.165, 1.54) is 12.1 Å². The Morgan fingerprint density at radius 2 is 1.54 bits per heavy atom. The number of nitrogens with zero attached hydrogens (tertiary/aromatic N) is 1. The van der Waals surface area contributed by atoms with Crippen molar-refractivity contribution in [2.75, 3.05) is 19.5 Å². The molecule has 1 saturated heterocycles. The third-order valence-corrected chi connectivity index (χ3v) is 10.7. The summed E-state index contributed by atoms with van der Waals surface area (Å²) in [5, 5.41) is 22.9. The highest BCUT2D eigenvalue weighted by Crippen LogP contribution is 2.98. The van der Waals surface area contributed by atoms with Crippen LogP contribution in [0.25, 0.3) is 0 Å². The zero-order chi connectivity index (χ0) is 28.1. The molecule has 6 rings (SSSR count). The van der Waals surface area contributed by atoms with Gasteiger partial charge in [0.15, 0.2) is 9.84 Å². The summed E-state index contributed by atoms with van der Waals surface area (Å²) in [4.78, 5) is 3.79. The smallest absolute Gasteiger partial charge is 0.184 e. The van der Waals surface area contributed by atoms with Crippen molar-refractivity contribution in [3.63, 3.8) is 0 Å². The van der Waals surface area contributed by atoms with Gasteiger partial charge in [-0.1, -0.05) is 38.8 Å². The predicted octanol–water partition coefficient (Wildman–Crippen LogP) is 7.76. The van der Waals surface area contributed by atoms with Crippen LogP contribution in [0.4, 0.5) is 15.5 Å². The van der Waals surface area contributed by atoms with Crippen LogP contribution in [0.2, 0.25) is 0 Å². The summed E-state index contributed by atoms with van der Waals surface area (Å²) < 4.78 is 69.0. The molecule has 216 valence electrons. The standard InChI is InChI=1S/C29H37F4NO4S/c1-28(2)16-20(35)21-23-22(24(34-25(21)27(28)36)17-10-14-37-15-11-17)26(38-29(23)12-4-5-13-29)18-6-8-19(9-7-18)39(3,30,31,32)33/h6-9,17,20,26-27,35-36H,4-5,10-16H2,1-3H3/t20?,26?,27-/m0/s1. The Kier molecular flexibility index (Phi) is 5.76. The molecule has 2 unspecified atom stereocenters. The summed E-state index contributed by atoms with van der Waals surface area (Å²) in [6, 6.07) is 4.23. The Labute approximate surface area is 226 Å². The van der Waals surface area contributed by atoms with Gasteiger partial charge in [-0.15, -0.1) is 15.5 Å². The molecule has 10 heteroatoms. The maximum Gasteiger partial charge on any atom is 0.184 e. The SMILES string of the molecule is CC1(C)CC(O)c2c(nc(C3CCOCC3)c3c2C2(CCCC2)OC3c2ccc(S(C)(F)(F)(F)F)cc2)[C@@H]1O. The molecule has 1 saturated carbocycles. The Morgan fingerprint density at radius 1 is 0.923 bits per heavy atom. The number of ether oxygens (including phenoxy) is 2. The van der Waals surface area contributed by atoms with Crippen LogP contribution in [-0.4, -0.2) is 34.7 Å². The maximum absolute atomic E-state index is 14.1. The minimum absolute atomic E-state index is 0.0172. The van der Waals surface area contributed by atoms with Gasteiger partial charge in [0.1, 0.15) is 12.2 Å². The van der Waals surface area contributed by atoms with Gasteiger partial charge in [-0.3, -0.25) is 4.98 Å². The quantitative estimate of drug-likeness (QED) is 0.369. The molecule has 2 N–H and O–H groups in total. The monoisotopic (exact) mass is 571 g/mol. The number of pyridine rings is 1. The molecule has 2 aliphatic heterocycles. The number of hydrogen-bond acceptors (Lipinski definition) is 5. The van der Waals surface area contributed by atoms with Crippen molar-refractivity contribution in [1.29, 1.82) is 0 Å². The summed E-state index contributed by atoms with van der Waals surface area (Å²) in [7, 11) is -8.33. The lowest BCUT2D eigenvalue weighted by Crippen LogP contribution is -2.35. The highest BCUT2D eigenvalue weighted by molar-refractivity contribution is 8.49. The molecule has 2 fully saturated rings. The average molecular weight is 572 g/mol. The van der Waals surface area contributed by atoms with Gasteiger partial charge in [0, 0.05) is 30.3 Å². The molecule has 0 amide bonds. The Morgan fingerprint density at radius 3 is 2.13 bits per heavy atom. The van der Waals surface area contributed by atoms with Gasteiger partial charge < -0.3 is 19.7 Å². The lowest BCUT2D eigenvalue weighted by molar-refractivity contribution is -0.0598. The van der Waals surface area contributed by atoms with Crippen molar-refractivity contribution < 1.29 is 35.2 Å². The maximum atomic E-state index is 14.1. The number of rotatable bonds is 3. The van der Waals surface area contributed by atoms with Crippen molar-refractivity contribution >= 4 is 9.84 Å². The van der Waals surface area contributed by atoms with E-state index in [0.717, 1.165) is 54.6 Å². The Bertz CT molecular complexity index is 1300. The summed E-state index contributed by atoms with van der Waals surface area (Å²) in [5.74, 6) is 0.0172. The summed E-state index contributed by atoms with van der Waals surface area (Å²) in [6.45, 7) is 4.95. The first-order valence-corrected chi connectivity index (χ1v) is 16.3. The van der Waals surface area contributed by atoms with E-state index in [4.69, 9.17) is 14.5 Å². The van der Waals surface area contributed by atoms with Crippen LogP contribution < -0.4 is 0 Å². The largest absolute Gasteiger partial charge is 0.388 e. The fourth-order valence-corrected chi connectivity index (χ4v) is 8.01. The fourth-order valence-electron chi connectivity index (χ4n) is 7.19. The van der Waals surface area contributed by atoms with Crippen LogP contribution in [0, 0.1) is 5.41 Å². The molecule has 3 heterocycles. The van der Waals surface area contributed by atoms with Gasteiger partial charge in [-0.25, -0.2) is 0 Å². The van der Waals surface area contributed by atoms with Crippen molar-refractivity contribution in [2.45, 2.75) is 93.5 Å². The average Bonchev–Trinajstić information content (AvgIpc) is 3.46. The van der Waals surface area contributed by atoms with Crippen LogP contribution in [0.3, 0.4) is 0 Å². The zero-order valence-electron chi connectivity index (χ0n) is 22.6. The number of halogens is 4. The van der Waals surface area contributed by atoms with Gasteiger partial charge in [0.05, 0.1) is 34.2 Å². The summed E-state index contributed by atoms with van der Waals surface area (Å²) in [6.07, 6.45) is 2.32. The van der Waals surface area contributed by atoms with Crippen LogP contribution >= 0.6 is 9.84 Å². The van der Waals surface area contributed by atoms with Gasteiger partial charge in [0.2, 0.25) is 0 Å². The van der Waals surface area contributed by atoms with Crippen LogP contribution in [0.1, 0.15) is 117 Å². The van der Waals surface area contributed by atoms with E-state index >= 15 is 0 Å². The van der Waals surface area contributed by atoms with E-state index in [0.29, 0.717) is 49.3 Å². The van der Waals surface area contributed by atoms with Crippen molar-refractivity contribution in [3.8, 4) is 0 Å². The number of aliphatic hydroxyl groups excluding tert-OH is 2. The lowest BCUT2D eigenvalue weighted by atomic mass is 9.68. The number of benzene rings is 1. The molecule has 4 aliphatic rings. The lowest BCUT2D eigenvalue weighted by Gasteiger charge is -2.46. The minimum atomic E-state index is -8.33. The van der Waals surface area contributed by atoms with E-state index in [9.17, 15) is 25.8 Å². The van der Waals surface area contributed by atoms with E-state index in [-0.39, 0.29) is 12.2 Å². The molecule has 0 radical (unpaired) electrons. The second-order valence-electron chi connectivity index (χ2n) is 12.8. The van der Waals surface area contributed by atoms with Crippen molar-refractivity contribution in [2.24, 2.45) is 5.41 Å². The summed E-state index contributed by atoms with van der Waals surface area (Å²) >= 11 is 0. The topological polar surface area (TPSA) is 71.8 Å². The van der Waals surface area contributed by atoms with Gasteiger partial charge in [-0.05, 0) is 60.8 Å². The van der Waals surface area contributed by atoms with E-state index in [1.807, 2.05) is 13.8 Å². The normalized spacial score (nSPS) is 30.0. The summed E-state index contributed by atoms with van der Waals surface area (Å²) in [5.41, 5.74) is 2.71. The molecule has 1 aromatic heterocycles. The molecular weight excluding hydrogens is 534 g/mol. The van der Waals surface area contributed by atoms with E-state index in [2.05, 4.69) is 0 Å². The van der Waals surface area contributed by atoms with Gasteiger partial charge in [-0.2, -0.15) is 0 Å². The third-order valence-electron chi connectivity index (χ3n) is 9.24. The molecule has 5 nitrogen and oxygen atoms in total. The highest BCUT2D eigenvalue weighted by atomic mass is 32.5. The van der Waals surface area contributed by atoms with Crippen LogP contribution in [0.15, 0.2) is 29.2 Å². The third kappa shape index (κ3) is 4.51. The molecule has 0 bridgehead atoms. The second kappa shape index (κ2) is 8.18. The molecule has 2 aromatic rings. The minimum Gasteiger partial charge on any atom is -0.388 e. The fraction of sp³-hybridized carbons (Fsp3) is 0.621. The molecule has 3 atom stereocenters. The Hall–Kier alpha value is -1.72. The zero-order valence-corrected chi connectivity index (χ0v) is 23.4. The number of aliphatic hydroxyl groups is 2. The van der Waals surface area contributed by atoms with Gasteiger partial charge >= 0.3 is 0 Å². The van der Waals surface area contributed by atoms with Crippen LogP contribution in [0.5, 0.6) is 0 Å². The highest BCUT2D eigenvalue weighted by Gasteiger charge is 2.59. The Balaban J connectivity index is 1.59. The van der Waals surface area contributed by atoms with Crippen molar-refractivity contribution in [1.82, 2.24) is 4.98 Å². The van der Waals surface area contributed by atoms with Gasteiger partial charge in [0.25, 0.3) is 0 Å². The first kappa shape index (κ1) is 27.4. The van der Waals surface area contributed by atoms with Crippen molar-refractivity contribution in [3.05, 3.63) is 57.9 Å². The predicted molar refractivity (Wildman–Crippen MR) is 141 cm³/mol.